The SMILES string of the molecule is CSc1ccc(CNCc2c(C(=O)O)c(C)n(Cc3ccccc3)c2C)cc1. The van der Waals surface area contributed by atoms with Gasteiger partial charge in [0.1, 0.15) is 0 Å². The molecular formula is C23H26N2O2S. The molecule has 0 aliphatic rings. The summed E-state index contributed by atoms with van der Waals surface area (Å²) in [7, 11) is 0. The Kier molecular flexibility index (Phi) is 6.60. The van der Waals surface area contributed by atoms with E-state index in [0.29, 0.717) is 25.2 Å². The van der Waals surface area contributed by atoms with Crippen LogP contribution in [0.15, 0.2) is 59.5 Å². The maximum Gasteiger partial charge on any atom is 0.337 e. The molecule has 5 heteroatoms. The lowest BCUT2D eigenvalue weighted by Gasteiger charge is -2.10. The average molecular weight is 395 g/mol. The lowest BCUT2D eigenvalue weighted by molar-refractivity contribution is 0.0694. The van der Waals surface area contributed by atoms with E-state index in [9.17, 15) is 9.90 Å². The number of benzene rings is 2. The minimum absolute atomic E-state index is 0.415. The van der Waals surface area contributed by atoms with Crippen molar-refractivity contribution < 1.29 is 9.90 Å². The monoisotopic (exact) mass is 394 g/mol. The quantitative estimate of drug-likeness (QED) is 0.536. The number of thioether (sulfide) groups is 1. The van der Waals surface area contributed by atoms with Gasteiger partial charge in [-0.15, -0.1) is 11.8 Å². The Bertz CT molecular complexity index is 947. The van der Waals surface area contributed by atoms with Crippen LogP contribution >= 0.6 is 11.8 Å². The van der Waals surface area contributed by atoms with Crippen LogP contribution in [0.3, 0.4) is 0 Å². The fourth-order valence-electron chi connectivity index (χ4n) is 3.53. The molecule has 0 atom stereocenters. The number of nitrogens with one attached hydrogen (secondary N) is 1. The fraction of sp³-hybridized carbons (Fsp3) is 0.261. The zero-order valence-electron chi connectivity index (χ0n) is 16.5. The van der Waals surface area contributed by atoms with Gasteiger partial charge in [-0.3, -0.25) is 0 Å². The summed E-state index contributed by atoms with van der Waals surface area (Å²) < 4.78 is 2.10. The molecule has 0 aliphatic carbocycles. The molecule has 1 heterocycles. The van der Waals surface area contributed by atoms with Crippen molar-refractivity contribution in [3.8, 4) is 0 Å². The summed E-state index contributed by atoms with van der Waals surface area (Å²) in [5, 5.41) is 13.2. The standard InChI is InChI=1S/C23H26N2O2S/c1-16-21(14-24-13-18-9-11-20(28-3)12-10-18)22(23(26)27)17(2)25(16)15-19-7-5-4-6-8-19/h4-12,24H,13-15H2,1-3H3,(H,26,27). The number of aromatic carboxylic acids is 1. The van der Waals surface area contributed by atoms with Gasteiger partial charge in [0.15, 0.2) is 0 Å². The Morgan fingerprint density at radius 2 is 1.64 bits per heavy atom. The van der Waals surface area contributed by atoms with Gasteiger partial charge < -0.3 is 15.0 Å². The number of rotatable bonds is 8. The van der Waals surface area contributed by atoms with E-state index in [4.69, 9.17) is 0 Å². The van der Waals surface area contributed by atoms with Crippen molar-refractivity contribution in [1.29, 1.82) is 0 Å². The highest BCUT2D eigenvalue weighted by Gasteiger charge is 2.22. The van der Waals surface area contributed by atoms with Crippen LogP contribution < -0.4 is 5.32 Å². The second kappa shape index (κ2) is 9.13. The van der Waals surface area contributed by atoms with Crippen molar-refractivity contribution in [3.63, 3.8) is 0 Å². The van der Waals surface area contributed by atoms with Gasteiger partial charge in [0.25, 0.3) is 0 Å². The maximum atomic E-state index is 11.9. The van der Waals surface area contributed by atoms with Gasteiger partial charge in [0.05, 0.1) is 5.56 Å². The Morgan fingerprint density at radius 1 is 0.964 bits per heavy atom. The minimum atomic E-state index is -0.867. The molecule has 0 spiro atoms. The molecule has 146 valence electrons. The third-order valence-electron chi connectivity index (χ3n) is 5.10. The molecule has 2 N–H and O–H groups in total. The second-order valence-electron chi connectivity index (χ2n) is 6.85. The molecule has 1 aromatic heterocycles. The summed E-state index contributed by atoms with van der Waals surface area (Å²) in [6, 6.07) is 18.6. The number of aromatic nitrogens is 1. The van der Waals surface area contributed by atoms with E-state index in [1.54, 1.807) is 11.8 Å². The highest BCUT2D eigenvalue weighted by molar-refractivity contribution is 7.98. The Balaban J connectivity index is 1.79. The first kappa shape index (κ1) is 20.2. The van der Waals surface area contributed by atoms with Crippen molar-refractivity contribution in [2.75, 3.05) is 6.26 Å². The lowest BCUT2D eigenvalue weighted by Crippen LogP contribution is -2.15. The molecule has 0 saturated heterocycles. The minimum Gasteiger partial charge on any atom is -0.478 e. The number of carbonyl (C=O) groups is 1. The van der Waals surface area contributed by atoms with E-state index in [0.717, 1.165) is 22.5 Å². The third-order valence-corrected chi connectivity index (χ3v) is 5.84. The first-order valence-electron chi connectivity index (χ1n) is 9.30. The Hall–Kier alpha value is -2.50. The van der Waals surface area contributed by atoms with Crippen LogP contribution in [0.25, 0.3) is 0 Å². The summed E-state index contributed by atoms with van der Waals surface area (Å²) in [6.45, 7) is 5.81. The van der Waals surface area contributed by atoms with Gasteiger partial charge in [-0.1, -0.05) is 42.5 Å². The largest absolute Gasteiger partial charge is 0.478 e. The molecule has 3 rings (SSSR count). The highest BCUT2D eigenvalue weighted by atomic mass is 32.2. The molecule has 2 aromatic carbocycles. The molecule has 0 amide bonds. The van der Waals surface area contributed by atoms with E-state index in [1.807, 2.05) is 32.0 Å². The van der Waals surface area contributed by atoms with Gasteiger partial charge in [-0.2, -0.15) is 0 Å². The normalized spacial score (nSPS) is 11.0. The summed E-state index contributed by atoms with van der Waals surface area (Å²) >= 11 is 1.72. The van der Waals surface area contributed by atoms with Crippen LogP contribution in [0.1, 0.15) is 38.4 Å². The zero-order valence-corrected chi connectivity index (χ0v) is 17.3. The molecule has 4 nitrogen and oxygen atoms in total. The van der Waals surface area contributed by atoms with Crippen molar-refractivity contribution in [2.45, 2.75) is 38.4 Å². The smallest absolute Gasteiger partial charge is 0.337 e. The molecule has 0 unspecified atom stereocenters. The summed E-state index contributed by atoms with van der Waals surface area (Å²) in [5.41, 5.74) is 5.43. The number of hydrogen-bond donors (Lipinski definition) is 2. The van der Waals surface area contributed by atoms with Crippen LogP contribution in [0.2, 0.25) is 0 Å². The first-order valence-corrected chi connectivity index (χ1v) is 10.5. The lowest BCUT2D eigenvalue weighted by atomic mass is 10.1. The van der Waals surface area contributed by atoms with E-state index >= 15 is 0 Å². The molecular weight excluding hydrogens is 368 g/mol. The second-order valence-corrected chi connectivity index (χ2v) is 7.73. The van der Waals surface area contributed by atoms with Crippen molar-refractivity contribution >= 4 is 17.7 Å². The van der Waals surface area contributed by atoms with Crippen LogP contribution in [-0.2, 0) is 19.6 Å². The van der Waals surface area contributed by atoms with E-state index in [-0.39, 0.29) is 0 Å². The van der Waals surface area contributed by atoms with Gasteiger partial charge in [-0.25, -0.2) is 4.79 Å². The number of hydrogen-bond acceptors (Lipinski definition) is 3. The molecule has 0 saturated carbocycles. The zero-order chi connectivity index (χ0) is 20.1. The van der Waals surface area contributed by atoms with Crippen molar-refractivity contribution in [3.05, 3.63) is 88.2 Å². The van der Waals surface area contributed by atoms with Crippen molar-refractivity contribution in [1.82, 2.24) is 9.88 Å². The van der Waals surface area contributed by atoms with Crippen molar-refractivity contribution in [2.24, 2.45) is 0 Å². The molecule has 0 aliphatic heterocycles. The average Bonchev–Trinajstić information content (AvgIpc) is 2.94. The predicted molar refractivity (Wildman–Crippen MR) is 115 cm³/mol. The summed E-state index contributed by atoms with van der Waals surface area (Å²) in [5.74, 6) is -0.867. The predicted octanol–water partition coefficient (Wildman–Crippen LogP) is 4.86. The molecule has 3 aromatic rings. The van der Waals surface area contributed by atoms with Gasteiger partial charge >= 0.3 is 5.97 Å². The number of nitrogens with zero attached hydrogens (tertiary/aromatic N) is 1. The molecule has 28 heavy (non-hydrogen) atoms. The molecule has 0 bridgehead atoms. The van der Waals surface area contributed by atoms with Gasteiger partial charge in [0, 0.05) is 41.5 Å². The Morgan fingerprint density at radius 3 is 2.25 bits per heavy atom. The first-order chi connectivity index (χ1) is 13.5. The van der Waals surface area contributed by atoms with Gasteiger partial charge in [-0.05, 0) is 43.4 Å². The highest BCUT2D eigenvalue weighted by Crippen LogP contribution is 2.24. The summed E-state index contributed by atoms with van der Waals surface area (Å²) in [6.07, 6.45) is 2.06. The van der Waals surface area contributed by atoms with E-state index in [1.165, 1.54) is 10.5 Å². The fourth-order valence-corrected chi connectivity index (χ4v) is 3.94. The van der Waals surface area contributed by atoms with Crippen LogP contribution in [-0.4, -0.2) is 21.9 Å². The number of carboxylic acids is 1. The molecule has 0 fully saturated rings. The van der Waals surface area contributed by atoms with E-state index < -0.39 is 5.97 Å². The Labute approximate surface area is 170 Å². The van der Waals surface area contributed by atoms with Crippen LogP contribution in [0.5, 0.6) is 0 Å². The number of carboxylic acid groups (broad SMARTS) is 1. The van der Waals surface area contributed by atoms with Gasteiger partial charge in [0.2, 0.25) is 0 Å². The summed E-state index contributed by atoms with van der Waals surface area (Å²) in [4.78, 5) is 13.2. The molecule has 0 radical (unpaired) electrons. The third kappa shape index (κ3) is 4.49. The topological polar surface area (TPSA) is 54.3 Å². The van der Waals surface area contributed by atoms with Crippen LogP contribution in [0, 0.1) is 13.8 Å². The van der Waals surface area contributed by atoms with E-state index in [2.05, 4.69) is 52.5 Å². The maximum absolute atomic E-state index is 11.9. The van der Waals surface area contributed by atoms with Crippen LogP contribution in [0.4, 0.5) is 0 Å².